The van der Waals surface area contributed by atoms with Crippen molar-refractivity contribution in [1.82, 2.24) is 5.32 Å². The molecular formula is C16H31NO. The van der Waals surface area contributed by atoms with Crippen LogP contribution in [0.15, 0.2) is 0 Å². The standard InChI is InChI=1S/C16H31NO/c1-14-7-5-10-16(13-14)18-12-6-11-17-15-8-3-2-4-9-15/h14-17H,2-13H2,1H3. The fourth-order valence-corrected chi connectivity index (χ4v) is 3.46. The van der Waals surface area contributed by atoms with Crippen molar-refractivity contribution in [2.24, 2.45) is 5.92 Å². The van der Waals surface area contributed by atoms with Crippen LogP contribution in [0.2, 0.25) is 0 Å². The molecule has 0 aromatic heterocycles. The van der Waals surface area contributed by atoms with E-state index in [2.05, 4.69) is 12.2 Å². The average molecular weight is 253 g/mol. The first kappa shape index (κ1) is 14.3. The Morgan fingerprint density at radius 3 is 2.61 bits per heavy atom. The summed E-state index contributed by atoms with van der Waals surface area (Å²) in [5, 5.41) is 3.69. The second-order valence-electron chi connectivity index (χ2n) is 6.41. The van der Waals surface area contributed by atoms with Crippen LogP contribution < -0.4 is 5.32 Å². The van der Waals surface area contributed by atoms with Crippen LogP contribution in [0.3, 0.4) is 0 Å². The molecule has 2 fully saturated rings. The monoisotopic (exact) mass is 253 g/mol. The number of hydrogen-bond acceptors (Lipinski definition) is 2. The van der Waals surface area contributed by atoms with E-state index in [4.69, 9.17) is 4.74 Å². The first-order valence-corrected chi connectivity index (χ1v) is 8.19. The molecule has 106 valence electrons. The van der Waals surface area contributed by atoms with Gasteiger partial charge in [-0.1, -0.05) is 39.0 Å². The molecule has 0 saturated heterocycles. The van der Waals surface area contributed by atoms with E-state index in [0.29, 0.717) is 6.10 Å². The summed E-state index contributed by atoms with van der Waals surface area (Å²) >= 11 is 0. The van der Waals surface area contributed by atoms with E-state index in [9.17, 15) is 0 Å². The molecule has 1 N–H and O–H groups in total. The summed E-state index contributed by atoms with van der Waals surface area (Å²) in [6, 6.07) is 0.799. The van der Waals surface area contributed by atoms with Crippen molar-refractivity contribution >= 4 is 0 Å². The van der Waals surface area contributed by atoms with Gasteiger partial charge in [0.25, 0.3) is 0 Å². The Morgan fingerprint density at radius 1 is 1.00 bits per heavy atom. The normalized spacial score (nSPS) is 30.5. The fraction of sp³-hybridized carbons (Fsp3) is 1.00. The number of rotatable bonds is 6. The summed E-state index contributed by atoms with van der Waals surface area (Å²) in [6.45, 7) is 4.46. The van der Waals surface area contributed by atoms with Gasteiger partial charge in [0.15, 0.2) is 0 Å². The van der Waals surface area contributed by atoms with E-state index >= 15 is 0 Å². The third-order valence-corrected chi connectivity index (χ3v) is 4.60. The number of ether oxygens (including phenoxy) is 1. The zero-order chi connectivity index (χ0) is 12.6. The molecule has 2 unspecified atom stereocenters. The molecule has 0 heterocycles. The number of hydrogen-bond donors (Lipinski definition) is 1. The van der Waals surface area contributed by atoms with E-state index in [1.165, 1.54) is 64.2 Å². The molecule has 2 atom stereocenters. The van der Waals surface area contributed by atoms with Crippen LogP contribution in [0, 0.1) is 5.92 Å². The second-order valence-corrected chi connectivity index (χ2v) is 6.41. The molecule has 2 aliphatic rings. The molecule has 2 rings (SSSR count). The van der Waals surface area contributed by atoms with Gasteiger partial charge in [-0.25, -0.2) is 0 Å². The van der Waals surface area contributed by atoms with Crippen LogP contribution in [0.1, 0.15) is 71.1 Å². The van der Waals surface area contributed by atoms with Crippen LogP contribution in [0.5, 0.6) is 0 Å². The van der Waals surface area contributed by atoms with Gasteiger partial charge in [0, 0.05) is 12.6 Å². The molecule has 0 spiro atoms. The van der Waals surface area contributed by atoms with Gasteiger partial charge in [0.05, 0.1) is 6.10 Å². The van der Waals surface area contributed by atoms with Crippen molar-refractivity contribution in [2.75, 3.05) is 13.2 Å². The zero-order valence-corrected chi connectivity index (χ0v) is 12.1. The molecule has 2 nitrogen and oxygen atoms in total. The Balaban J connectivity index is 1.45. The average Bonchev–Trinajstić information content (AvgIpc) is 2.40. The lowest BCUT2D eigenvalue weighted by Gasteiger charge is -2.27. The van der Waals surface area contributed by atoms with Gasteiger partial charge < -0.3 is 10.1 Å². The predicted octanol–water partition coefficient (Wildman–Crippen LogP) is 3.89. The summed E-state index contributed by atoms with van der Waals surface area (Å²) < 4.78 is 6.00. The minimum Gasteiger partial charge on any atom is -0.378 e. The molecular weight excluding hydrogens is 222 g/mol. The van der Waals surface area contributed by atoms with Crippen molar-refractivity contribution in [2.45, 2.75) is 83.3 Å². The molecule has 18 heavy (non-hydrogen) atoms. The molecule has 0 aromatic carbocycles. The summed E-state index contributed by atoms with van der Waals surface area (Å²) in [5.74, 6) is 0.879. The van der Waals surface area contributed by atoms with Crippen molar-refractivity contribution in [3.05, 3.63) is 0 Å². The highest BCUT2D eigenvalue weighted by molar-refractivity contribution is 4.72. The topological polar surface area (TPSA) is 21.3 Å². The van der Waals surface area contributed by atoms with Crippen molar-refractivity contribution < 1.29 is 4.74 Å². The molecule has 0 amide bonds. The van der Waals surface area contributed by atoms with Gasteiger partial charge in [0.2, 0.25) is 0 Å². The molecule has 2 aliphatic carbocycles. The second kappa shape index (κ2) is 8.16. The van der Waals surface area contributed by atoms with E-state index in [1.54, 1.807) is 0 Å². The molecule has 0 radical (unpaired) electrons. The Morgan fingerprint density at radius 2 is 1.83 bits per heavy atom. The summed E-state index contributed by atoms with van der Waals surface area (Å²) in [4.78, 5) is 0. The molecule has 0 aromatic rings. The molecule has 0 aliphatic heterocycles. The lowest BCUT2D eigenvalue weighted by molar-refractivity contribution is 0.0143. The highest BCUT2D eigenvalue weighted by atomic mass is 16.5. The minimum atomic E-state index is 0.559. The van der Waals surface area contributed by atoms with Gasteiger partial charge in [-0.3, -0.25) is 0 Å². The largest absolute Gasteiger partial charge is 0.378 e. The summed E-state index contributed by atoms with van der Waals surface area (Å²) in [5.41, 5.74) is 0. The van der Waals surface area contributed by atoms with E-state index in [-0.39, 0.29) is 0 Å². The highest BCUT2D eigenvalue weighted by Gasteiger charge is 2.19. The maximum Gasteiger partial charge on any atom is 0.0577 e. The van der Waals surface area contributed by atoms with Crippen LogP contribution in [0.25, 0.3) is 0 Å². The molecule has 2 saturated carbocycles. The van der Waals surface area contributed by atoms with Gasteiger partial charge in [-0.05, 0) is 44.6 Å². The first-order valence-electron chi connectivity index (χ1n) is 8.19. The quantitative estimate of drug-likeness (QED) is 0.725. The molecule has 2 heteroatoms. The van der Waals surface area contributed by atoms with Crippen molar-refractivity contribution in [3.8, 4) is 0 Å². The van der Waals surface area contributed by atoms with Crippen molar-refractivity contribution in [3.63, 3.8) is 0 Å². The van der Waals surface area contributed by atoms with Crippen LogP contribution >= 0.6 is 0 Å². The summed E-state index contributed by atoms with van der Waals surface area (Å²) in [7, 11) is 0. The number of nitrogens with one attached hydrogen (secondary N) is 1. The Bertz CT molecular complexity index is 213. The zero-order valence-electron chi connectivity index (χ0n) is 12.1. The van der Waals surface area contributed by atoms with Gasteiger partial charge in [-0.2, -0.15) is 0 Å². The first-order chi connectivity index (χ1) is 8.84. The SMILES string of the molecule is CC1CCCC(OCCCNC2CCCCC2)C1. The van der Waals surface area contributed by atoms with Gasteiger partial charge in [-0.15, -0.1) is 0 Å². The predicted molar refractivity (Wildman–Crippen MR) is 76.9 cm³/mol. The smallest absolute Gasteiger partial charge is 0.0577 e. The Labute approximate surface area is 113 Å². The maximum absolute atomic E-state index is 6.00. The van der Waals surface area contributed by atoms with E-state index in [1.807, 2.05) is 0 Å². The van der Waals surface area contributed by atoms with Gasteiger partial charge in [0.1, 0.15) is 0 Å². The van der Waals surface area contributed by atoms with E-state index in [0.717, 1.165) is 25.1 Å². The highest BCUT2D eigenvalue weighted by Crippen LogP contribution is 2.25. The molecule has 0 bridgehead atoms. The summed E-state index contributed by atoms with van der Waals surface area (Å²) in [6.07, 6.45) is 14.2. The minimum absolute atomic E-state index is 0.559. The van der Waals surface area contributed by atoms with Crippen molar-refractivity contribution in [1.29, 1.82) is 0 Å². The Hall–Kier alpha value is -0.0800. The third-order valence-electron chi connectivity index (χ3n) is 4.60. The third kappa shape index (κ3) is 5.27. The van der Waals surface area contributed by atoms with Gasteiger partial charge >= 0.3 is 0 Å². The fourth-order valence-electron chi connectivity index (χ4n) is 3.46. The van der Waals surface area contributed by atoms with Crippen LogP contribution in [0.4, 0.5) is 0 Å². The maximum atomic E-state index is 6.00. The lowest BCUT2D eigenvalue weighted by Crippen LogP contribution is -2.32. The lowest BCUT2D eigenvalue weighted by atomic mass is 9.89. The van der Waals surface area contributed by atoms with Crippen LogP contribution in [-0.4, -0.2) is 25.3 Å². The van der Waals surface area contributed by atoms with E-state index < -0.39 is 0 Å². The Kier molecular flexibility index (Phi) is 6.50. The van der Waals surface area contributed by atoms with Crippen LogP contribution in [-0.2, 0) is 4.74 Å².